The zero-order valence-electron chi connectivity index (χ0n) is 19.7. The van der Waals surface area contributed by atoms with Crippen molar-refractivity contribution in [1.29, 1.82) is 0 Å². The fraction of sp³-hybridized carbons (Fsp3) is 0.538. The lowest BCUT2D eigenvalue weighted by Gasteiger charge is -2.38. The second-order valence-corrected chi connectivity index (χ2v) is 11.3. The highest BCUT2D eigenvalue weighted by Gasteiger charge is 2.38. The van der Waals surface area contributed by atoms with Gasteiger partial charge < -0.3 is 14.2 Å². The van der Waals surface area contributed by atoms with Crippen molar-refractivity contribution < 1.29 is 27.0 Å². The summed E-state index contributed by atoms with van der Waals surface area (Å²) in [4.78, 5) is 0. The Kier molecular flexibility index (Phi) is 8.37. The lowest BCUT2D eigenvalue weighted by atomic mass is 9.74. The fourth-order valence-electron chi connectivity index (χ4n) is 4.97. The Morgan fingerprint density at radius 2 is 1.88 bits per heavy atom. The first-order valence-electron chi connectivity index (χ1n) is 11.9. The summed E-state index contributed by atoms with van der Waals surface area (Å²) >= 11 is 0. The molecule has 2 aliphatic rings. The number of halogens is 1. The van der Waals surface area contributed by atoms with Gasteiger partial charge >= 0.3 is 0 Å². The molecule has 0 N–H and O–H groups in total. The van der Waals surface area contributed by atoms with Crippen molar-refractivity contribution in [1.82, 2.24) is 4.31 Å². The first kappa shape index (κ1) is 25.3. The second-order valence-electron chi connectivity index (χ2n) is 9.16. The highest BCUT2D eigenvalue weighted by atomic mass is 32.2. The first-order chi connectivity index (χ1) is 16.5. The molecular formula is C26H34FNO5S. The minimum Gasteiger partial charge on any atom is -0.382 e. The van der Waals surface area contributed by atoms with Crippen molar-refractivity contribution in [2.24, 2.45) is 0 Å². The summed E-state index contributed by atoms with van der Waals surface area (Å²) in [6.07, 6.45) is 2.83. The third kappa shape index (κ3) is 5.52. The highest BCUT2D eigenvalue weighted by molar-refractivity contribution is 7.89. The monoisotopic (exact) mass is 491 g/mol. The van der Waals surface area contributed by atoms with Gasteiger partial charge in [-0.1, -0.05) is 42.5 Å². The molecule has 0 aliphatic carbocycles. The predicted octanol–water partition coefficient (Wildman–Crippen LogP) is 4.20. The molecular weight excluding hydrogens is 457 g/mol. The van der Waals surface area contributed by atoms with Crippen molar-refractivity contribution >= 4 is 10.0 Å². The van der Waals surface area contributed by atoms with Gasteiger partial charge in [-0.15, -0.1) is 0 Å². The third-order valence-corrected chi connectivity index (χ3v) is 9.30. The van der Waals surface area contributed by atoms with Gasteiger partial charge in [0.15, 0.2) is 0 Å². The first-order valence-corrected chi connectivity index (χ1v) is 13.4. The largest absolute Gasteiger partial charge is 0.382 e. The number of rotatable bonds is 9. The van der Waals surface area contributed by atoms with E-state index in [1.54, 1.807) is 19.2 Å². The lowest BCUT2D eigenvalue weighted by Crippen LogP contribution is -2.40. The van der Waals surface area contributed by atoms with E-state index in [-0.39, 0.29) is 17.8 Å². The van der Waals surface area contributed by atoms with E-state index in [1.807, 2.05) is 36.4 Å². The van der Waals surface area contributed by atoms with E-state index in [2.05, 4.69) is 0 Å². The molecule has 0 bridgehead atoms. The molecule has 0 radical (unpaired) electrons. The zero-order valence-corrected chi connectivity index (χ0v) is 20.6. The zero-order chi connectivity index (χ0) is 24.0. The minimum atomic E-state index is -3.57. The van der Waals surface area contributed by atoms with Crippen LogP contribution >= 0.6 is 0 Å². The van der Waals surface area contributed by atoms with Crippen LogP contribution in [-0.4, -0.2) is 59.4 Å². The van der Waals surface area contributed by atoms with Gasteiger partial charge in [0.1, 0.15) is 11.1 Å². The van der Waals surface area contributed by atoms with Gasteiger partial charge in [-0.2, -0.15) is 4.31 Å². The van der Waals surface area contributed by atoms with Crippen molar-refractivity contribution in [2.75, 3.05) is 46.7 Å². The molecule has 2 heterocycles. The van der Waals surface area contributed by atoms with Crippen molar-refractivity contribution in [2.45, 2.75) is 42.9 Å². The average Bonchev–Trinajstić information content (AvgIpc) is 2.85. The van der Waals surface area contributed by atoms with Crippen LogP contribution in [0, 0.1) is 5.82 Å². The predicted molar refractivity (Wildman–Crippen MR) is 129 cm³/mol. The maximum atomic E-state index is 15.3. The van der Waals surface area contributed by atoms with Gasteiger partial charge in [0, 0.05) is 44.4 Å². The molecule has 0 spiro atoms. The SMILES string of the molecule is COCCOCC1(c2ccc(CN3CCC[C@H](c4ccccc4)S3(=O)=O)c(F)c2)CCOCC1. The molecule has 34 heavy (non-hydrogen) atoms. The summed E-state index contributed by atoms with van der Waals surface area (Å²) in [5.74, 6) is -0.378. The smallest absolute Gasteiger partial charge is 0.221 e. The summed E-state index contributed by atoms with van der Waals surface area (Å²) in [7, 11) is -1.94. The summed E-state index contributed by atoms with van der Waals surface area (Å²) in [6.45, 7) is 3.11. The van der Waals surface area contributed by atoms with E-state index in [0.717, 1.165) is 30.4 Å². The fourth-order valence-corrected chi connectivity index (χ4v) is 7.00. The van der Waals surface area contributed by atoms with Gasteiger partial charge in [0.2, 0.25) is 10.0 Å². The van der Waals surface area contributed by atoms with Crippen molar-refractivity contribution in [3.05, 3.63) is 71.0 Å². The maximum absolute atomic E-state index is 15.3. The number of ether oxygens (including phenoxy) is 3. The number of sulfonamides is 1. The molecule has 2 aromatic rings. The van der Waals surface area contributed by atoms with E-state index in [0.29, 0.717) is 51.6 Å². The van der Waals surface area contributed by atoms with Crippen LogP contribution in [0.2, 0.25) is 0 Å². The lowest BCUT2D eigenvalue weighted by molar-refractivity contribution is -0.0111. The molecule has 0 aromatic heterocycles. The van der Waals surface area contributed by atoms with Crippen molar-refractivity contribution in [3.63, 3.8) is 0 Å². The Bertz CT molecular complexity index is 1040. The standard InChI is InChI=1S/C26H34FNO5S/c1-31-16-17-33-20-26(11-14-32-15-12-26)23-10-9-22(24(27)18-23)19-28-13-5-8-25(34(28,29)30)21-6-3-2-4-7-21/h2-4,6-7,9-10,18,25H,5,8,11-17,19-20H2,1H3/t25-/m1/s1. The minimum absolute atomic E-state index is 0.0399. The highest BCUT2D eigenvalue weighted by Crippen LogP contribution is 2.38. The quantitative estimate of drug-likeness (QED) is 0.492. The van der Waals surface area contributed by atoms with E-state index < -0.39 is 15.3 Å². The van der Waals surface area contributed by atoms with Gasteiger partial charge in [-0.3, -0.25) is 0 Å². The molecule has 2 aromatic carbocycles. The molecule has 4 rings (SSSR count). The molecule has 0 saturated carbocycles. The van der Waals surface area contributed by atoms with E-state index in [9.17, 15) is 8.42 Å². The summed E-state index contributed by atoms with van der Waals surface area (Å²) in [5, 5.41) is -0.584. The Morgan fingerprint density at radius 1 is 1.12 bits per heavy atom. The number of hydrogen-bond donors (Lipinski definition) is 0. The maximum Gasteiger partial charge on any atom is 0.221 e. The van der Waals surface area contributed by atoms with Crippen LogP contribution in [0.4, 0.5) is 4.39 Å². The molecule has 0 amide bonds. The third-order valence-electron chi connectivity index (χ3n) is 7.04. The Balaban J connectivity index is 1.52. The van der Waals surface area contributed by atoms with Crippen LogP contribution in [0.1, 0.15) is 47.6 Å². The number of hydrogen-bond acceptors (Lipinski definition) is 5. The summed E-state index contributed by atoms with van der Waals surface area (Å²) < 4.78 is 59.9. The summed E-state index contributed by atoms with van der Waals surface area (Å²) in [5.41, 5.74) is 1.74. The normalized spacial score (nSPS) is 22.5. The van der Waals surface area contributed by atoms with E-state index >= 15 is 4.39 Å². The van der Waals surface area contributed by atoms with Crippen LogP contribution in [0.15, 0.2) is 48.5 Å². The topological polar surface area (TPSA) is 65.1 Å². The van der Waals surface area contributed by atoms with Crippen LogP contribution in [0.5, 0.6) is 0 Å². The number of methoxy groups -OCH3 is 1. The Labute approximate surface area is 202 Å². The van der Waals surface area contributed by atoms with Gasteiger partial charge in [-0.05, 0) is 42.9 Å². The van der Waals surface area contributed by atoms with Crippen LogP contribution in [0.25, 0.3) is 0 Å². The van der Waals surface area contributed by atoms with Gasteiger partial charge in [-0.25, -0.2) is 12.8 Å². The van der Waals surface area contributed by atoms with Crippen molar-refractivity contribution in [3.8, 4) is 0 Å². The molecule has 186 valence electrons. The van der Waals surface area contributed by atoms with E-state index in [4.69, 9.17) is 14.2 Å². The average molecular weight is 492 g/mol. The molecule has 2 aliphatic heterocycles. The molecule has 8 heteroatoms. The Morgan fingerprint density at radius 3 is 2.59 bits per heavy atom. The second kappa shape index (κ2) is 11.3. The molecule has 2 fully saturated rings. The molecule has 6 nitrogen and oxygen atoms in total. The van der Waals surface area contributed by atoms with Crippen LogP contribution < -0.4 is 0 Å². The van der Waals surface area contributed by atoms with Crippen LogP contribution in [-0.2, 0) is 36.2 Å². The Hall–Kier alpha value is -1.84. The molecule has 2 saturated heterocycles. The van der Waals surface area contributed by atoms with Crippen LogP contribution in [0.3, 0.4) is 0 Å². The molecule has 1 atom stereocenters. The van der Waals surface area contributed by atoms with Gasteiger partial charge in [0.05, 0.1) is 19.8 Å². The summed E-state index contributed by atoms with van der Waals surface area (Å²) in [6, 6.07) is 14.5. The van der Waals surface area contributed by atoms with E-state index in [1.165, 1.54) is 4.31 Å². The van der Waals surface area contributed by atoms with Gasteiger partial charge in [0.25, 0.3) is 0 Å². The molecule has 0 unspecified atom stereocenters. The number of benzene rings is 2. The number of nitrogens with zero attached hydrogens (tertiary/aromatic N) is 1.